The molecule has 0 radical (unpaired) electrons. The number of anilines is 2. The van der Waals surface area contributed by atoms with Crippen molar-refractivity contribution >= 4 is 23.3 Å². The van der Waals surface area contributed by atoms with Gasteiger partial charge in [0.25, 0.3) is 0 Å². The number of unbranched alkanes of at least 4 members (excludes halogenated alkanes) is 1. The third kappa shape index (κ3) is 3.56. The molecule has 0 saturated heterocycles. The second-order valence-corrected chi connectivity index (χ2v) is 6.47. The Kier molecular flexibility index (Phi) is 5.25. The van der Waals surface area contributed by atoms with E-state index in [0.29, 0.717) is 17.3 Å². The zero-order chi connectivity index (χ0) is 18.7. The number of fused-ring (bicyclic) bond motifs is 1. The minimum absolute atomic E-state index is 0.105. The number of ether oxygens (including phenoxy) is 1. The van der Waals surface area contributed by atoms with Gasteiger partial charge >= 0.3 is 0 Å². The highest BCUT2D eigenvalue weighted by atomic mass is 16.5. The Labute approximate surface area is 152 Å². The van der Waals surface area contributed by atoms with E-state index >= 15 is 0 Å². The first-order valence-corrected chi connectivity index (χ1v) is 8.85. The van der Waals surface area contributed by atoms with Crippen LogP contribution >= 0.6 is 0 Å². The Hall–Kier alpha value is -2.83. The largest absolute Gasteiger partial charge is 0.495 e. The van der Waals surface area contributed by atoms with Crippen LogP contribution in [-0.4, -0.2) is 28.7 Å². The van der Waals surface area contributed by atoms with E-state index in [4.69, 9.17) is 4.74 Å². The van der Waals surface area contributed by atoms with Gasteiger partial charge in [-0.25, -0.2) is 4.68 Å². The van der Waals surface area contributed by atoms with Crippen molar-refractivity contribution in [2.24, 2.45) is 0 Å². The van der Waals surface area contributed by atoms with E-state index in [1.165, 1.54) is 0 Å². The molecule has 1 aliphatic rings. The van der Waals surface area contributed by atoms with Gasteiger partial charge in [-0.15, -0.1) is 0 Å². The molecular formula is C19H24N4O3. The maximum atomic E-state index is 12.9. The second-order valence-electron chi connectivity index (χ2n) is 6.47. The quantitative estimate of drug-likeness (QED) is 0.833. The van der Waals surface area contributed by atoms with Crippen molar-refractivity contribution in [3.05, 3.63) is 35.5 Å². The van der Waals surface area contributed by atoms with Gasteiger partial charge in [-0.3, -0.25) is 9.59 Å². The summed E-state index contributed by atoms with van der Waals surface area (Å²) in [6.45, 7) is 4.75. The molecule has 2 heterocycles. The van der Waals surface area contributed by atoms with Crippen LogP contribution in [0.2, 0.25) is 0 Å². The summed E-state index contributed by atoms with van der Waals surface area (Å²) in [7, 11) is 1.54. The van der Waals surface area contributed by atoms with Crippen molar-refractivity contribution in [2.45, 2.75) is 45.6 Å². The number of hydrogen-bond acceptors (Lipinski definition) is 4. The van der Waals surface area contributed by atoms with E-state index in [9.17, 15) is 9.59 Å². The Morgan fingerprint density at radius 2 is 2.27 bits per heavy atom. The molecule has 7 nitrogen and oxygen atoms in total. The smallest absolute Gasteiger partial charge is 0.233 e. The second kappa shape index (κ2) is 7.59. The molecule has 1 aromatic heterocycles. The number of rotatable bonds is 6. The highest BCUT2D eigenvalue weighted by Crippen LogP contribution is 2.39. The molecule has 1 unspecified atom stereocenters. The van der Waals surface area contributed by atoms with Gasteiger partial charge in [0, 0.05) is 19.0 Å². The number of nitrogens with one attached hydrogen (secondary N) is 2. The molecule has 1 atom stereocenters. The maximum Gasteiger partial charge on any atom is 0.233 e. The summed E-state index contributed by atoms with van der Waals surface area (Å²) < 4.78 is 7.13. The van der Waals surface area contributed by atoms with Gasteiger partial charge in [-0.1, -0.05) is 25.5 Å². The van der Waals surface area contributed by atoms with Gasteiger partial charge < -0.3 is 15.4 Å². The Morgan fingerprint density at radius 3 is 3.00 bits per heavy atom. The monoisotopic (exact) mass is 356 g/mol. The first kappa shape index (κ1) is 18.0. The fraction of sp³-hybridized carbons (Fsp3) is 0.421. The molecule has 1 aliphatic heterocycles. The first-order chi connectivity index (χ1) is 12.5. The minimum Gasteiger partial charge on any atom is -0.495 e. The number of carbonyl (C=O) groups is 2. The van der Waals surface area contributed by atoms with E-state index in [-0.39, 0.29) is 18.2 Å². The minimum atomic E-state index is -0.566. The topological polar surface area (TPSA) is 85.2 Å². The molecule has 1 aromatic carbocycles. The van der Waals surface area contributed by atoms with E-state index in [0.717, 1.165) is 30.6 Å². The molecule has 2 amide bonds. The molecule has 0 aliphatic carbocycles. The van der Waals surface area contributed by atoms with Crippen LogP contribution in [0, 0.1) is 6.92 Å². The van der Waals surface area contributed by atoms with Crippen molar-refractivity contribution in [3.63, 3.8) is 0 Å². The third-order valence-corrected chi connectivity index (χ3v) is 4.50. The number of aryl methyl sites for hydroxylation is 2. The van der Waals surface area contributed by atoms with Crippen LogP contribution in [0.5, 0.6) is 5.75 Å². The molecule has 0 fully saturated rings. The van der Waals surface area contributed by atoms with Crippen LogP contribution in [0.3, 0.4) is 0 Å². The summed E-state index contributed by atoms with van der Waals surface area (Å²) in [6.07, 6.45) is 2.13. The number of carbonyl (C=O) groups excluding carboxylic acids is 2. The van der Waals surface area contributed by atoms with Gasteiger partial charge in [-0.05, 0) is 25.0 Å². The molecule has 138 valence electrons. The first-order valence-electron chi connectivity index (χ1n) is 8.85. The van der Waals surface area contributed by atoms with Crippen LogP contribution in [0.15, 0.2) is 24.3 Å². The number of amides is 2. The number of benzene rings is 1. The number of methoxy groups -OCH3 is 1. The normalized spacial score (nSPS) is 16.0. The molecule has 3 rings (SSSR count). The lowest BCUT2D eigenvalue weighted by molar-refractivity contribution is -0.123. The lowest BCUT2D eigenvalue weighted by Gasteiger charge is -2.26. The van der Waals surface area contributed by atoms with Crippen molar-refractivity contribution in [1.82, 2.24) is 9.78 Å². The standard InChI is InChI=1S/C19H24N4O3/c1-4-5-9-23-16(10-12(2)22-23)20-19(25)14-11-17(24)21-18-13(14)7-6-8-15(18)26-3/h6-8,10,14H,4-5,9,11H2,1-3H3,(H,20,25)(H,21,24). The summed E-state index contributed by atoms with van der Waals surface area (Å²) >= 11 is 0. The van der Waals surface area contributed by atoms with Crippen molar-refractivity contribution in [2.75, 3.05) is 17.7 Å². The van der Waals surface area contributed by atoms with E-state index < -0.39 is 5.92 Å². The molecule has 0 spiro atoms. The van der Waals surface area contributed by atoms with Crippen LogP contribution in [-0.2, 0) is 16.1 Å². The molecule has 26 heavy (non-hydrogen) atoms. The fourth-order valence-electron chi connectivity index (χ4n) is 3.20. The number of nitrogens with zero attached hydrogens (tertiary/aromatic N) is 2. The van der Waals surface area contributed by atoms with E-state index in [2.05, 4.69) is 22.7 Å². The molecule has 2 N–H and O–H groups in total. The fourth-order valence-corrected chi connectivity index (χ4v) is 3.20. The highest BCUT2D eigenvalue weighted by molar-refractivity contribution is 6.05. The molecule has 0 saturated carbocycles. The average Bonchev–Trinajstić information content (AvgIpc) is 2.97. The van der Waals surface area contributed by atoms with Crippen LogP contribution in [0.25, 0.3) is 0 Å². The van der Waals surface area contributed by atoms with E-state index in [1.54, 1.807) is 13.2 Å². The molecule has 7 heteroatoms. The van der Waals surface area contributed by atoms with Crippen molar-refractivity contribution in [3.8, 4) is 5.75 Å². The predicted molar refractivity (Wildman–Crippen MR) is 99.5 cm³/mol. The summed E-state index contributed by atoms with van der Waals surface area (Å²) in [4.78, 5) is 25.0. The van der Waals surface area contributed by atoms with Gasteiger partial charge in [0.15, 0.2) is 0 Å². The van der Waals surface area contributed by atoms with E-state index in [1.807, 2.05) is 29.8 Å². The third-order valence-electron chi connectivity index (χ3n) is 4.50. The lowest BCUT2D eigenvalue weighted by Crippen LogP contribution is -2.31. The van der Waals surface area contributed by atoms with Crippen molar-refractivity contribution < 1.29 is 14.3 Å². The number of hydrogen-bond donors (Lipinski definition) is 2. The summed E-state index contributed by atoms with van der Waals surface area (Å²) in [5.74, 6) is 0.238. The number of aromatic nitrogens is 2. The zero-order valence-electron chi connectivity index (χ0n) is 15.3. The Morgan fingerprint density at radius 1 is 1.46 bits per heavy atom. The Balaban J connectivity index is 1.87. The van der Waals surface area contributed by atoms with Gasteiger partial charge in [0.05, 0.1) is 24.4 Å². The van der Waals surface area contributed by atoms with Gasteiger partial charge in [-0.2, -0.15) is 5.10 Å². The zero-order valence-corrected chi connectivity index (χ0v) is 15.3. The van der Waals surface area contributed by atoms with Gasteiger partial charge in [0.1, 0.15) is 11.6 Å². The Bertz CT molecular complexity index is 828. The summed E-state index contributed by atoms with van der Waals surface area (Å²) in [6, 6.07) is 7.29. The van der Waals surface area contributed by atoms with Gasteiger partial charge in [0.2, 0.25) is 11.8 Å². The molecule has 0 bridgehead atoms. The van der Waals surface area contributed by atoms with Crippen LogP contribution in [0.4, 0.5) is 11.5 Å². The van der Waals surface area contributed by atoms with Crippen LogP contribution < -0.4 is 15.4 Å². The number of para-hydroxylation sites is 1. The molecular weight excluding hydrogens is 332 g/mol. The van der Waals surface area contributed by atoms with Crippen LogP contribution in [0.1, 0.15) is 43.4 Å². The average molecular weight is 356 g/mol. The lowest BCUT2D eigenvalue weighted by atomic mass is 9.89. The van der Waals surface area contributed by atoms with Crippen molar-refractivity contribution in [1.29, 1.82) is 0 Å². The summed E-state index contributed by atoms with van der Waals surface area (Å²) in [5, 5.41) is 10.2. The summed E-state index contributed by atoms with van der Waals surface area (Å²) in [5.41, 5.74) is 2.18. The molecule has 2 aromatic rings. The SMILES string of the molecule is CCCCn1nc(C)cc1NC(=O)C1CC(=O)Nc2c(OC)cccc21. The highest BCUT2D eigenvalue weighted by Gasteiger charge is 2.32. The predicted octanol–water partition coefficient (Wildman–Crippen LogP) is 3.06. The maximum absolute atomic E-state index is 12.9.